The van der Waals surface area contributed by atoms with Crippen molar-refractivity contribution in [2.24, 2.45) is 0 Å². The summed E-state index contributed by atoms with van der Waals surface area (Å²) in [4.78, 5) is 16.7. The van der Waals surface area contributed by atoms with Gasteiger partial charge in [0.25, 0.3) is 5.56 Å². The van der Waals surface area contributed by atoms with Crippen molar-refractivity contribution in [2.75, 3.05) is 0 Å². The molecule has 0 amide bonds. The van der Waals surface area contributed by atoms with Crippen LogP contribution in [0.2, 0.25) is 5.02 Å². The molecule has 0 atom stereocenters. The van der Waals surface area contributed by atoms with Crippen molar-refractivity contribution in [3.05, 3.63) is 75.8 Å². The molecule has 0 spiro atoms. The molecule has 0 fully saturated rings. The van der Waals surface area contributed by atoms with E-state index in [4.69, 9.17) is 11.6 Å². The molecule has 2 aromatic heterocycles. The van der Waals surface area contributed by atoms with Gasteiger partial charge in [0.05, 0.1) is 16.2 Å². The molecule has 130 valence electrons. The normalized spacial score (nSPS) is 11.2. The van der Waals surface area contributed by atoms with Crippen LogP contribution in [0.4, 0.5) is 0 Å². The fourth-order valence-electron chi connectivity index (χ4n) is 3.16. The lowest BCUT2D eigenvalue weighted by Crippen LogP contribution is -2.18. The summed E-state index contributed by atoms with van der Waals surface area (Å²) in [6.07, 6.45) is 0. The van der Waals surface area contributed by atoms with Gasteiger partial charge in [0, 0.05) is 23.6 Å². The first-order valence-electron chi connectivity index (χ1n) is 8.41. The molecule has 0 saturated carbocycles. The van der Waals surface area contributed by atoms with Gasteiger partial charge >= 0.3 is 0 Å². The average Bonchev–Trinajstić information content (AvgIpc) is 3.04. The van der Waals surface area contributed by atoms with E-state index in [-0.39, 0.29) is 5.56 Å². The molecule has 6 heteroatoms. The molecule has 0 radical (unpaired) electrons. The third kappa shape index (κ3) is 2.70. The van der Waals surface area contributed by atoms with E-state index in [0.29, 0.717) is 17.4 Å². The van der Waals surface area contributed by atoms with E-state index in [0.717, 1.165) is 28.0 Å². The molecule has 2 aromatic carbocycles. The maximum atomic E-state index is 12.1. The number of benzene rings is 2. The van der Waals surface area contributed by atoms with Crippen molar-refractivity contribution in [1.82, 2.24) is 19.3 Å². The Morgan fingerprint density at radius 2 is 1.85 bits per heavy atom. The zero-order valence-corrected chi connectivity index (χ0v) is 15.2. The first kappa shape index (κ1) is 16.5. The van der Waals surface area contributed by atoms with E-state index in [1.165, 1.54) is 6.07 Å². The Morgan fingerprint density at radius 1 is 1.08 bits per heavy atom. The van der Waals surface area contributed by atoms with Crippen LogP contribution in [0, 0.1) is 6.92 Å². The number of aromatic nitrogens is 4. The van der Waals surface area contributed by atoms with E-state index in [2.05, 4.69) is 10.1 Å². The Hall–Kier alpha value is -2.92. The maximum absolute atomic E-state index is 12.1. The molecule has 4 aromatic rings. The van der Waals surface area contributed by atoms with Gasteiger partial charge in [-0.3, -0.25) is 4.79 Å². The summed E-state index contributed by atoms with van der Waals surface area (Å²) in [6, 6.07) is 17.2. The van der Waals surface area contributed by atoms with E-state index >= 15 is 0 Å². The predicted molar refractivity (Wildman–Crippen MR) is 104 cm³/mol. The molecule has 0 bridgehead atoms. The quantitative estimate of drug-likeness (QED) is 0.546. The van der Waals surface area contributed by atoms with Crippen LogP contribution in [0.1, 0.15) is 12.7 Å². The van der Waals surface area contributed by atoms with Crippen LogP contribution >= 0.6 is 11.6 Å². The second-order valence-electron chi connectivity index (χ2n) is 6.04. The van der Waals surface area contributed by atoms with Gasteiger partial charge in [-0.25, -0.2) is 9.67 Å². The Kier molecular flexibility index (Phi) is 4.09. The third-order valence-electron chi connectivity index (χ3n) is 4.35. The van der Waals surface area contributed by atoms with Gasteiger partial charge in [-0.15, -0.1) is 0 Å². The molecule has 0 aliphatic heterocycles. The van der Waals surface area contributed by atoms with E-state index < -0.39 is 0 Å². The Bertz CT molecular complexity index is 1160. The zero-order chi connectivity index (χ0) is 18.3. The highest BCUT2D eigenvalue weighted by Crippen LogP contribution is 2.28. The molecular formula is C20H17ClN4O. The van der Waals surface area contributed by atoms with Gasteiger partial charge < -0.3 is 4.57 Å². The van der Waals surface area contributed by atoms with Crippen LogP contribution in [0.15, 0.2) is 59.4 Å². The number of hydrogen-bond acceptors (Lipinski definition) is 3. The SMILES string of the molecule is CCn1c(=O)cc(Cl)c2cc(-c3nc(C)nn3-c3ccccc3)ccc21. The minimum atomic E-state index is -0.0963. The Labute approximate surface area is 155 Å². The molecule has 5 nitrogen and oxygen atoms in total. The number of rotatable bonds is 3. The second kappa shape index (κ2) is 6.42. The summed E-state index contributed by atoms with van der Waals surface area (Å²) < 4.78 is 3.53. The predicted octanol–water partition coefficient (Wildman–Crippen LogP) is 4.23. The summed E-state index contributed by atoms with van der Waals surface area (Å²) in [6.45, 7) is 4.40. The van der Waals surface area contributed by atoms with Gasteiger partial charge in [0.2, 0.25) is 0 Å². The first-order valence-corrected chi connectivity index (χ1v) is 8.79. The number of para-hydroxylation sites is 1. The van der Waals surface area contributed by atoms with Crippen molar-refractivity contribution in [3.8, 4) is 17.1 Å². The fourth-order valence-corrected chi connectivity index (χ4v) is 3.41. The summed E-state index contributed by atoms with van der Waals surface area (Å²) in [5.41, 5.74) is 2.55. The average molecular weight is 365 g/mol. The lowest BCUT2D eigenvalue weighted by Gasteiger charge is -2.11. The second-order valence-corrected chi connectivity index (χ2v) is 6.44. The molecule has 4 rings (SSSR count). The molecule has 0 saturated heterocycles. The Morgan fingerprint density at radius 3 is 2.58 bits per heavy atom. The fraction of sp³-hybridized carbons (Fsp3) is 0.150. The molecular weight excluding hydrogens is 348 g/mol. The number of pyridine rings is 1. The lowest BCUT2D eigenvalue weighted by molar-refractivity contribution is 0.760. The highest BCUT2D eigenvalue weighted by atomic mass is 35.5. The summed E-state index contributed by atoms with van der Waals surface area (Å²) >= 11 is 6.36. The van der Waals surface area contributed by atoms with Crippen LogP contribution in [-0.2, 0) is 6.54 Å². The number of aryl methyl sites for hydroxylation is 2. The van der Waals surface area contributed by atoms with Crippen molar-refractivity contribution < 1.29 is 0 Å². The Balaban J connectivity index is 1.96. The van der Waals surface area contributed by atoms with E-state index in [9.17, 15) is 4.79 Å². The number of fused-ring (bicyclic) bond motifs is 1. The number of nitrogens with zero attached hydrogens (tertiary/aromatic N) is 4. The van der Waals surface area contributed by atoms with Gasteiger partial charge in [-0.05, 0) is 44.2 Å². The molecule has 0 N–H and O–H groups in total. The third-order valence-corrected chi connectivity index (χ3v) is 4.66. The highest BCUT2D eigenvalue weighted by Gasteiger charge is 2.14. The van der Waals surface area contributed by atoms with E-state index in [1.807, 2.05) is 67.1 Å². The maximum Gasteiger partial charge on any atom is 0.252 e. The van der Waals surface area contributed by atoms with E-state index in [1.54, 1.807) is 4.57 Å². The van der Waals surface area contributed by atoms with Crippen LogP contribution in [0.5, 0.6) is 0 Å². The van der Waals surface area contributed by atoms with Gasteiger partial charge in [0.15, 0.2) is 5.82 Å². The minimum Gasteiger partial charge on any atom is -0.308 e. The van der Waals surface area contributed by atoms with Gasteiger partial charge in [-0.2, -0.15) is 5.10 Å². The monoisotopic (exact) mass is 364 g/mol. The molecule has 0 aliphatic rings. The molecule has 0 aliphatic carbocycles. The molecule has 26 heavy (non-hydrogen) atoms. The van der Waals surface area contributed by atoms with Crippen molar-refractivity contribution in [3.63, 3.8) is 0 Å². The standard InChI is InChI=1S/C20H17ClN4O/c1-3-24-18-10-9-14(11-16(18)17(21)12-19(24)26)20-22-13(2)23-25(20)15-7-5-4-6-8-15/h4-12H,3H2,1-2H3. The topological polar surface area (TPSA) is 52.7 Å². The van der Waals surface area contributed by atoms with Crippen LogP contribution in [0.25, 0.3) is 28.0 Å². The number of halogens is 1. The summed E-state index contributed by atoms with van der Waals surface area (Å²) in [5.74, 6) is 1.43. The van der Waals surface area contributed by atoms with Crippen LogP contribution < -0.4 is 5.56 Å². The minimum absolute atomic E-state index is 0.0963. The lowest BCUT2D eigenvalue weighted by atomic mass is 10.1. The molecule has 0 unspecified atom stereocenters. The van der Waals surface area contributed by atoms with Crippen molar-refractivity contribution >= 4 is 22.5 Å². The van der Waals surface area contributed by atoms with Crippen molar-refractivity contribution in [1.29, 1.82) is 0 Å². The highest BCUT2D eigenvalue weighted by molar-refractivity contribution is 6.35. The van der Waals surface area contributed by atoms with Crippen molar-refractivity contribution in [2.45, 2.75) is 20.4 Å². The summed E-state index contributed by atoms with van der Waals surface area (Å²) in [5, 5.41) is 5.79. The molecule has 2 heterocycles. The summed E-state index contributed by atoms with van der Waals surface area (Å²) in [7, 11) is 0. The van der Waals surface area contributed by atoms with Gasteiger partial charge in [0.1, 0.15) is 5.82 Å². The first-order chi connectivity index (χ1) is 12.6. The van der Waals surface area contributed by atoms with Crippen LogP contribution in [-0.4, -0.2) is 19.3 Å². The largest absolute Gasteiger partial charge is 0.308 e. The van der Waals surface area contributed by atoms with Gasteiger partial charge in [-0.1, -0.05) is 29.8 Å². The zero-order valence-electron chi connectivity index (χ0n) is 14.5. The van der Waals surface area contributed by atoms with Crippen LogP contribution in [0.3, 0.4) is 0 Å². The smallest absolute Gasteiger partial charge is 0.252 e. The number of hydrogen-bond donors (Lipinski definition) is 0.